The summed E-state index contributed by atoms with van der Waals surface area (Å²) in [4.78, 5) is 15.4. The van der Waals surface area contributed by atoms with Gasteiger partial charge in [-0.15, -0.1) is 5.10 Å². The molecular formula is C19H17N5O. The van der Waals surface area contributed by atoms with Crippen molar-refractivity contribution in [3.8, 4) is 5.69 Å². The van der Waals surface area contributed by atoms with Gasteiger partial charge < -0.3 is 10.3 Å². The SMILES string of the molecule is Cc1nc(C(N)=O)nn1-c1ccc2c(ccn2Cc2ccccc2)c1. The van der Waals surface area contributed by atoms with Crippen molar-refractivity contribution in [1.29, 1.82) is 0 Å². The molecule has 0 saturated carbocycles. The van der Waals surface area contributed by atoms with Crippen molar-refractivity contribution in [2.24, 2.45) is 5.73 Å². The predicted molar refractivity (Wildman–Crippen MR) is 95.7 cm³/mol. The third kappa shape index (κ3) is 2.78. The average molecular weight is 331 g/mol. The van der Waals surface area contributed by atoms with Crippen molar-refractivity contribution in [3.63, 3.8) is 0 Å². The van der Waals surface area contributed by atoms with Gasteiger partial charge in [-0.2, -0.15) is 0 Å². The van der Waals surface area contributed by atoms with Crippen LogP contribution in [0, 0.1) is 6.92 Å². The number of aromatic nitrogens is 4. The predicted octanol–water partition coefficient (Wildman–Crippen LogP) is 2.68. The highest BCUT2D eigenvalue weighted by atomic mass is 16.1. The lowest BCUT2D eigenvalue weighted by molar-refractivity contribution is 0.0990. The number of primary amides is 1. The monoisotopic (exact) mass is 331 g/mol. The van der Waals surface area contributed by atoms with Crippen LogP contribution >= 0.6 is 0 Å². The first kappa shape index (κ1) is 15.1. The smallest absolute Gasteiger partial charge is 0.288 e. The van der Waals surface area contributed by atoms with Crippen LogP contribution in [0.15, 0.2) is 60.8 Å². The Bertz CT molecular complexity index is 1060. The number of carbonyl (C=O) groups excluding carboxylic acids is 1. The number of benzene rings is 2. The van der Waals surface area contributed by atoms with Gasteiger partial charge >= 0.3 is 0 Å². The maximum atomic E-state index is 11.3. The van der Waals surface area contributed by atoms with Gasteiger partial charge in [-0.25, -0.2) is 9.67 Å². The lowest BCUT2D eigenvalue weighted by atomic mass is 10.2. The molecule has 0 atom stereocenters. The summed E-state index contributed by atoms with van der Waals surface area (Å²) in [5.41, 5.74) is 8.50. The van der Waals surface area contributed by atoms with Crippen LogP contribution in [0.5, 0.6) is 0 Å². The Morgan fingerprint density at radius 1 is 1.12 bits per heavy atom. The van der Waals surface area contributed by atoms with E-state index < -0.39 is 5.91 Å². The topological polar surface area (TPSA) is 78.7 Å². The van der Waals surface area contributed by atoms with Gasteiger partial charge in [0, 0.05) is 23.6 Å². The number of rotatable bonds is 4. The van der Waals surface area contributed by atoms with E-state index >= 15 is 0 Å². The quantitative estimate of drug-likeness (QED) is 0.624. The molecule has 4 rings (SSSR count). The highest BCUT2D eigenvalue weighted by molar-refractivity contribution is 5.88. The molecule has 0 fully saturated rings. The van der Waals surface area contributed by atoms with E-state index in [-0.39, 0.29) is 5.82 Å². The fraction of sp³-hybridized carbons (Fsp3) is 0.105. The molecular weight excluding hydrogens is 314 g/mol. The van der Waals surface area contributed by atoms with Crippen LogP contribution in [0.1, 0.15) is 22.0 Å². The van der Waals surface area contributed by atoms with E-state index in [1.54, 1.807) is 11.6 Å². The summed E-state index contributed by atoms with van der Waals surface area (Å²) in [6.07, 6.45) is 2.07. The summed E-state index contributed by atoms with van der Waals surface area (Å²) >= 11 is 0. The van der Waals surface area contributed by atoms with E-state index in [2.05, 4.69) is 45.1 Å². The van der Waals surface area contributed by atoms with Gasteiger partial charge in [0.2, 0.25) is 5.82 Å². The molecule has 2 heterocycles. The minimum atomic E-state index is -0.628. The molecule has 0 spiro atoms. The zero-order valence-electron chi connectivity index (χ0n) is 13.8. The Morgan fingerprint density at radius 3 is 2.64 bits per heavy atom. The highest BCUT2D eigenvalue weighted by Crippen LogP contribution is 2.21. The first-order chi connectivity index (χ1) is 12.1. The van der Waals surface area contributed by atoms with Crippen LogP contribution < -0.4 is 5.73 Å². The number of nitrogens with zero attached hydrogens (tertiary/aromatic N) is 4. The van der Waals surface area contributed by atoms with Gasteiger partial charge in [0.1, 0.15) is 5.82 Å². The molecule has 0 saturated heterocycles. The molecule has 6 nitrogen and oxygen atoms in total. The summed E-state index contributed by atoms with van der Waals surface area (Å²) in [7, 11) is 0. The maximum Gasteiger partial charge on any atom is 0.288 e. The van der Waals surface area contributed by atoms with Crippen molar-refractivity contribution in [2.45, 2.75) is 13.5 Å². The molecule has 2 aromatic carbocycles. The van der Waals surface area contributed by atoms with Crippen molar-refractivity contribution in [1.82, 2.24) is 19.3 Å². The van der Waals surface area contributed by atoms with Crippen LogP contribution in [0.3, 0.4) is 0 Å². The third-order valence-electron chi connectivity index (χ3n) is 4.18. The van der Waals surface area contributed by atoms with Gasteiger partial charge in [-0.1, -0.05) is 30.3 Å². The Kier molecular flexibility index (Phi) is 3.57. The second kappa shape index (κ2) is 5.90. The molecule has 6 heteroatoms. The lowest BCUT2D eigenvalue weighted by Gasteiger charge is -2.07. The van der Waals surface area contributed by atoms with Crippen LogP contribution in [0.2, 0.25) is 0 Å². The molecule has 4 aromatic rings. The summed E-state index contributed by atoms with van der Waals surface area (Å²) in [6, 6.07) is 18.5. The third-order valence-corrected chi connectivity index (χ3v) is 4.18. The molecule has 1 amide bonds. The number of carbonyl (C=O) groups is 1. The molecule has 25 heavy (non-hydrogen) atoms. The summed E-state index contributed by atoms with van der Waals surface area (Å²) in [5.74, 6) is 0.0213. The molecule has 0 radical (unpaired) electrons. The fourth-order valence-corrected chi connectivity index (χ4v) is 2.98. The first-order valence-electron chi connectivity index (χ1n) is 7.98. The number of aryl methyl sites for hydroxylation is 1. The number of amides is 1. The Morgan fingerprint density at radius 2 is 1.92 bits per heavy atom. The molecule has 2 aromatic heterocycles. The van der Waals surface area contributed by atoms with Crippen LogP contribution in [0.25, 0.3) is 16.6 Å². The van der Waals surface area contributed by atoms with Gasteiger partial charge in [0.15, 0.2) is 0 Å². The van der Waals surface area contributed by atoms with E-state index in [0.717, 1.165) is 23.1 Å². The van der Waals surface area contributed by atoms with Crippen molar-refractivity contribution < 1.29 is 4.79 Å². The van der Waals surface area contributed by atoms with Crippen molar-refractivity contribution in [3.05, 3.63) is 78.0 Å². The minimum absolute atomic E-state index is 0.0271. The second-order valence-electron chi connectivity index (χ2n) is 5.93. The van der Waals surface area contributed by atoms with Gasteiger partial charge in [0.05, 0.1) is 5.69 Å². The van der Waals surface area contributed by atoms with Gasteiger partial charge in [-0.3, -0.25) is 4.79 Å². The molecule has 124 valence electrons. The summed E-state index contributed by atoms with van der Waals surface area (Å²) in [6.45, 7) is 2.61. The lowest BCUT2D eigenvalue weighted by Crippen LogP contribution is -2.13. The Balaban J connectivity index is 1.71. The van der Waals surface area contributed by atoms with Crippen LogP contribution in [-0.2, 0) is 6.54 Å². The average Bonchev–Trinajstić information content (AvgIpc) is 3.19. The fourth-order valence-electron chi connectivity index (χ4n) is 2.98. The summed E-state index contributed by atoms with van der Waals surface area (Å²) < 4.78 is 3.84. The molecule has 2 N–H and O–H groups in total. The Labute approximate surface area is 144 Å². The maximum absolute atomic E-state index is 11.3. The number of fused-ring (bicyclic) bond motifs is 1. The van der Waals surface area contributed by atoms with E-state index in [4.69, 9.17) is 5.73 Å². The summed E-state index contributed by atoms with van der Waals surface area (Å²) in [5, 5.41) is 5.29. The number of hydrogen-bond donors (Lipinski definition) is 1. The molecule has 0 aliphatic rings. The number of hydrogen-bond acceptors (Lipinski definition) is 3. The highest BCUT2D eigenvalue weighted by Gasteiger charge is 2.13. The second-order valence-corrected chi connectivity index (χ2v) is 5.93. The largest absolute Gasteiger partial charge is 0.363 e. The first-order valence-corrected chi connectivity index (χ1v) is 7.98. The molecule has 0 aliphatic carbocycles. The van der Waals surface area contributed by atoms with Crippen LogP contribution in [-0.4, -0.2) is 25.2 Å². The van der Waals surface area contributed by atoms with E-state index in [0.29, 0.717) is 5.82 Å². The van der Waals surface area contributed by atoms with E-state index in [1.165, 1.54) is 5.56 Å². The molecule has 0 bridgehead atoms. The number of nitrogens with two attached hydrogens (primary N) is 1. The minimum Gasteiger partial charge on any atom is -0.363 e. The van der Waals surface area contributed by atoms with Gasteiger partial charge in [-0.05, 0) is 36.8 Å². The van der Waals surface area contributed by atoms with Crippen molar-refractivity contribution >= 4 is 16.8 Å². The van der Waals surface area contributed by atoms with Gasteiger partial charge in [0.25, 0.3) is 5.91 Å². The standard InChI is InChI=1S/C19H17N5O/c1-13-21-19(18(20)25)22-24(13)16-7-8-17-15(11-16)9-10-23(17)12-14-5-3-2-4-6-14/h2-11H,12H2,1H3,(H2,20,25). The zero-order valence-corrected chi connectivity index (χ0v) is 13.8. The Hall–Kier alpha value is -3.41. The van der Waals surface area contributed by atoms with E-state index in [1.807, 2.05) is 30.3 Å². The molecule has 0 aliphatic heterocycles. The van der Waals surface area contributed by atoms with Crippen molar-refractivity contribution in [2.75, 3.05) is 0 Å². The normalized spacial score (nSPS) is 11.1. The van der Waals surface area contributed by atoms with E-state index in [9.17, 15) is 4.79 Å². The van der Waals surface area contributed by atoms with Crippen LogP contribution in [0.4, 0.5) is 0 Å². The zero-order chi connectivity index (χ0) is 17.4. The molecule has 0 unspecified atom stereocenters.